The maximum atomic E-state index is 12.0. The molecule has 1 aromatic rings. The van der Waals surface area contributed by atoms with Crippen LogP contribution in [0.4, 0.5) is 0 Å². The first-order valence-electron chi connectivity index (χ1n) is 5.91. The molecule has 1 atom stereocenters. The van der Waals surface area contributed by atoms with E-state index in [1.807, 2.05) is 27.2 Å². The van der Waals surface area contributed by atoms with Crippen LogP contribution in [0.1, 0.15) is 23.7 Å². The summed E-state index contributed by atoms with van der Waals surface area (Å²) in [6.07, 6.45) is 2.90. The van der Waals surface area contributed by atoms with Gasteiger partial charge in [-0.2, -0.15) is 0 Å². The summed E-state index contributed by atoms with van der Waals surface area (Å²) in [4.78, 5) is 19.3. The van der Waals surface area contributed by atoms with Gasteiger partial charge in [0.2, 0.25) is 5.91 Å². The molecule has 0 saturated heterocycles. The summed E-state index contributed by atoms with van der Waals surface area (Å²) in [5.74, 6) is 0.170. The zero-order chi connectivity index (χ0) is 12.8. The molecular weight excluding hydrogens is 234 g/mol. The number of nitrogens with one attached hydrogen (secondary N) is 1. The minimum Gasteiger partial charge on any atom is -0.339 e. The second kappa shape index (κ2) is 6.71. The van der Waals surface area contributed by atoms with E-state index >= 15 is 0 Å². The number of aromatic nitrogens is 1. The van der Waals surface area contributed by atoms with Crippen molar-refractivity contribution in [2.45, 2.75) is 26.8 Å². The minimum absolute atomic E-state index is 0.00982. The molecule has 17 heavy (non-hydrogen) atoms. The van der Waals surface area contributed by atoms with Crippen molar-refractivity contribution in [3.63, 3.8) is 0 Å². The summed E-state index contributed by atoms with van der Waals surface area (Å²) in [6, 6.07) is 0. The molecule has 4 nitrogen and oxygen atoms in total. The van der Waals surface area contributed by atoms with Crippen molar-refractivity contribution in [3.8, 4) is 0 Å². The lowest BCUT2D eigenvalue weighted by Gasteiger charge is -2.20. The molecule has 96 valence electrons. The van der Waals surface area contributed by atoms with Gasteiger partial charge in [0.15, 0.2) is 0 Å². The lowest BCUT2D eigenvalue weighted by atomic mass is 10.1. The van der Waals surface area contributed by atoms with E-state index in [1.54, 1.807) is 16.2 Å². The number of hydrogen-bond donors (Lipinski definition) is 1. The third-order valence-corrected chi connectivity index (χ3v) is 3.76. The van der Waals surface area contributed by atoms with Gasteiger partial charge in [-0.3, -0.25) is 4.79 Å². The van der Waals surface area contributed by atoms with E-state index in [9.17, 15) is 4.79 Å². The Kier molecular flexibility index (Phi) is 5.58. The van der Waals surface area contributed by atoms with Crippen LogP contribution >= 0.6 is 11.3 Å². The zero-order valence-electron chi connectivity index (χ0n) is 11.0. The summed E-state index contributed by atoms with van der Waals surface area (Å²) < 4.78 is 0. The summed E-state index contributed by atoms with van der Waals surface area (Å²) >= 11 is 1.68. The normalized spacial score (nSPS) is 12.5. The molecule has 1 aromatic heterocycles. The Bertz CT molecular complexity index is 364. The van der Waals surface area contributed by atoms with Crippen LogP contribution in [0.3, 0.4) is 0 Å². The number of aryl methyl sites for hydroxylation is 1. The van der Waals surface area contributed by atoms with E-state index in [4.69, 9.17) is 0 Å². The van der Waals surface area contributed by atoms with Gasteiger partial charge in [0.25, 0.3) is 0 Å². The molecule has 0 fully saturated rings. The Balaban J connectivity index is 2.53. The van der Waals surface area contributed by atoms with Crippen LogP contribution in [0.15, 0.2) is 6.20 Å². The van der Waals surface area contributed by atoms with Gasteiger partial charge in [-0.05, 0) is 13.5 Å². The molecule has 1 unspecified atom stereocenters. The van der Waals surface area contributed by atoms with Crippen molar-refractivity contribution < 1.29 is 4.79 Å². The van der Waals surface area contributed by atoms with Gasteiger partial charge in [0.05, 0.1) is 6.54 Å². The molecule has 0 aliphatic heterocycles. The van der Waals surface area contributed by atoms with Gasteiger partial charge in [-0.15, -0.1) is 11.3 Å². The standard InChI is InChI=1S/C12H21N3OS/c1-5-10-7-14-11(17-10)8-15(4)12(16)9(2)6-13-3/h7,9,13H,5-6,8H2,1-4H3. The van der Waals surface area contributed by atoms with Crippen molar-refractivity contribution in [3.05, 3.63) is 16.1 Å². The Morgan fingerprint density at radius 2 is 2.35 bits per heavy atom. The zero-order valence-corrected chi connectivity index (χ0v) is 11.8. The first kappa shape index (κ1) is 14.1. The number of nitrogens with zero attached hydrogens (tertiary/aromatic N) is 2. The lowest BCUT2D eigenvalue weighted by Crippen LogP contribution is -2.35. The van der Waals surface area contributed by atoms with Crippen molar-refractivity contribution in [1.82, 2.24) is 15.2 Å². The van der Waals surface area contributed by atoms with E-state index < -0.39 is 0 Å². The van der Waals surface area contributed by atoms with E-state index in [2.05, 4.69) is 17.2 Å². The Morgan fingerprint density at radius 1 is 1.65 bits per heavy atom. The molecule has 1 rings (SSSR count). The number of carbonyl (C=O) groups is 1. The van der Waals surface area contributed by atoms with Crippen LogP contribution < -0.4 is 5.32 Å². The number of carbonyl (C=O) groups excluding carboxylic acids is 1. The summed E-state index contributed by atoms with van der Waals surface area (Å²) in [7, 11) is 3.69. The van der Waals surface area contributed by atoms with E-state index in [0.717, 1.165) is 11.4 Å². The molecule has 0 spiro atoms. The lowest BCUT2D eigenvalue weighted by molar-refractivity contribution is -0.134. The predicted octanol–water partition coefficient (Wildman–Crippen LogP) is 1.52. The molecule has 0 saturated carbocycles. The Morgan fingerprint density at radius 3 is 2.88 bits per heavy atom. The second-order valence-electron chi connectivity index (χ2n) is 4.23. The fourth-order valence-corrected chi connectivity index (χ4v) is 2.55. The fraction of sp³-hybridized carbons (Fsp3) is 0.667. The fourth-order valence-electron chi connectivity index (χ4n) is 1.64. The van der Waals surface area contributed by atoms with Gasteiger partial charge < -0.3 is 10.2 Å². The molecule has 1 N–H and O–H groups in total. The van der Waals surface area contributed by atoms with Gasteiger partial charge in [-0.1, -0.05) is 13.8 Å². The smallest absolute Gasteiger partial charge is 0.226 e. The quantitative estimate of drug-likeness (QED) is 0.838. The van der Waals surface area contributed by atoms with Crippen LogP contribution in [0.2, 0.25) is 0 Å². The van der Waals surface area contributed by atoms with Crippen LogP contribution in [0.5, 0.6) is 0 Å². The van der Waals surface area contributed by atoms with Gasteiger partial charge in [-0.25, -0.2) is 4.98 Å². The van der Waals surface area contributed by atoms with Crippen LogP contribution in [-0.4, -0.2) is 36.4 Å². The highest BCUT2D eigenvalue weighted by Gasteiger charge is 2.17. The summed E-state index contributed by atoms with van der Waals surface area (Å²) in [6.45, 7) is 5.37. The van der Waals surface area contributed by atoms with E-state index in [0.29, 0.717) is 13.1 Å². The minimum atomic E-state index is 0.00982. The van der Waals surface area contributed by atoms with Crippen molar-refractivity contribution in [2.75, 3.05) is 20.6 Å². The highest BCUT2D eigenvalue weighted by molar-refractivity contribution is 7.11. The van der Waals surface area contributed by atoms with Crippen LogP contribution in [-0.2, 0) is 17.8 Å². The molecule has 1 heterocycles. The summed E-state index contributed by atoms with van der Waals surface area (Å²) in [5, 5.41) is 4.03. The molecule has 1 amide bonds. The largest absolute Gasteiger partial charge is 0.339 e. The van der Waals surface area contributed by atoms with Crippen molar-refractivity contribution in [2.24, 2.45) is 5.92 Å². The molecular formula is C12H21N3OS. The first-order chi connectivity index (χ1) is 8.08. The number of thiazole rings is 1. The predicted molar refractivity (Wildman–Crippen MR) is 71.1 cm³/mol. The van der Waals surface area contributed by atoms with Gasteiger partial charge >= 0.3 is 0 Å². The maximum Gasteiger partial charge on any atom is 0.226 e. The molecule has 0 aromatic carbocycles. The highest BCUT2D eigenvalue weighted by atomic mass is 32.1. The second-order valence-corrected chi connectivity index (χ2v) is 5.43. The van der Waals surface area contributed by atoms with Crippen LogP contribution in [0, 0.1) is 5.92 Å². The highest BCUT2D eigenvalue weighted by Crippen LogP contribution is 2.15. The number of amides is 1. The van der Waals surface area contributed by atoms with Crippen LogP contribution in [0.25, 0.3) is 0 Å². The molecule has 5 heteroatoms. The topological polar surface area (TPSA) is 45.2 Å². The third-order valence-electron chi connectivity index (χ3n) is 2.63. The van der Waals surface area contributed by atoms with Crippen molar-refractivity contribution in [1.29, 1.82) is 0 Å². The summed E-state index contributed by atoms with van der Waals surface area (Å²) in [5.41, 5.74) is 0. The number of rotatable bonds is 6. The molecule has 0 radical (unpaired) electrons. The van der Waals surface area contributed by atoms with E-state index in [-0.39, 0.29) is 11.8 Å². The molecule has 0 aliphatic rings. The third kappa shape index (κ3) is 4.09. The Labute approximate surface area is 107 Å². The monoisotopic (exact) mass is 255 g/mol. The van der Waals surface area contributed by atoms with Gasteiger partial charge in [0, 0.05) is 30.6 Å². The average molecular weight is 255 g/mol. The van der Waals surface area contributed by atoms with Gasteiger partial charge in [0.1, 0.15) is 5.01 Å². The molecule has 0 bridgehead atoms. The Hall–Kier alpha value is -0.940. The van der Waals surface area contributed by atoms with Crippen molar-refractivity contribution >= 4 is 17.2 Å². The first-order valence-corrected chi connectivity index (χ1v) is 6.73. The average Bonchev–Trinajstić information content (AvgIpc) is 2.76. The number of hydrogen-bond acceptors (Lipinski definition) is 4. The molecule has 0 aliphatic carbocycles. The SMILES string of the molecule is CCc1cnc(CN(C)C(=O)C(C)CNC)s1. The maximum absolute atomic E-state index is 12.0. The van der Waals surface area contributed by atoms with E-state index in [1.165, 1.54) is 4.88 Å².